The molecule has 1 aliphatic heterocycles. The molecule has 2 nitrogen and oxygen atoms in total. The fraction of sp³-hybridized carbons (Fsp3) is 1.00. The van der Waals surface area contributed by atoms with Crippen molar-refractivity contribution in [2.24, 2.45) is 17.8 Å². The molecule has 0 amide bonds. The molecule has 0 aromatic rings. The van der Waals surface area contributed by atoms with Crippen molar-refractivity contribution >= 4 is 0 Å². The van der Waals surface area contributed by atoms with Gasteiger partial charge in [-0.2, -0.15) is 0 Å². The maximum absolute atomic E-state index is 6.58. The van der Waals surface area contributed by atoms with E-state index in [2.05, 4.69) is 39.9 Å². The number of rotatable bonds is 1. The number of hydrogen-bond donors (Lipinski definition) is 1. The van der Waals surface area contributed by atoms with Crippen molar-refractivity contribution < 1.29 is 4.74 Å². The predicted octanol–water partition coefficient (Wildman–Crippen LogP) is 3.22. The fourth-order valence-electron chi connectivity index (χ4n) is 4.03. The monoisotopic (exact) mass is 239 g/mol. The molecule has 0 aromatic heterocycles. The quantitative estimate of drug-likeness (QED) is 0.758. The molecule has 17 heavy (non-hydrogen) atoms. The van der Waals surface area contributed by atoms with Gasteiger partial charge in [0.15, 0.2) is 0 Å². The molecule has 2 fully saturated rings. The highest BCUT2D eigenvalue weighted by Gasteiger charge is 2.49. The highest BCUT2D eigenvalue weighted by Crippen LogP contribution is 2.46. The summed E-state index contributed by atoms with van der Waals surface area (Å²) in [6.45, 7) is 13.6. The minimum absolute atomic E-state index is 0.0115. The first kappa shape index (κ1) is 13.4. The summed E-state index contributed by atoms with van der Waals surface area (Å²) in [6.07, 6.45) is 3.93. The lowest BCUT2D eigenvalue weighted by Gasteiger charge is -2.54. The molecule has 0 aromatic carbocycles. The van der Waals surface area contributed by atoms with Crippen LogP contribution < -0.4 is 5.32 Å². The number of nitrogens with one attached hydrogen (secondary N) is 1. The number of hydrogen-bond acceptors (Lipinski definition) is 2. The summed E-state index contributed by atoms with van der Waals surface area (Å²) in [7, 11) is 0. The van der Waals surface area contributed by atoms with Crippen molar-refractivity contribution in [1.82, 2.24) is 5.32 Å². The summed E-state index contributed by atoms with van der Waals surface area (Å²) >= 11 is 0. The van der Waals surface area contributed by atoms with Crippen LogP contribution in [0.2, 0.25) is 0 Å². The van der Waals surface area contributed by atoms with Crippen LogP contribution in [0.15, 0.2) is 0 Å². The second kappa shape index (κ2) is 4.55. The third kappa shape index (κ3) is 2.68. The van der Waals surface area contributed by atoms with E-state index in [-0.39, 0.29) is 11.2 Å². The first-order valence-electron chi connectivity index (χ1n) is 7.25. The Labute approximate surface area is 107 Å². The largest absolute Gasteiger partial charge is 0.366 e. The molecular formula is C15H29NO. The van der Waals surface area contributed by atoms with Crippen LogP contribution in [0, 0.1) is 17.8 Å². The van der Waals surface area contributed by atoms with Gasteiger partial charge in [-0.15, -0.1) is 0 Å². The molecule has 1 saturated carbocycles. The van der Waals surface area contributed by atoms with Crippen molar-refractivity contribution in [3.05, 3.63) is 0 Å². The highest BCUT2D eigenvalue weighted by atomic mass is 16.5. The standard InChI is InChI=1S/C15H29NO/c1-11(2)13-7-6-12(3)8-15(13)10-16-9-14(4,5)17-15/h11-13,16H,6-10H2,1-5H3. The van der Waals surface area contributed by atoms with Gasteiger partial charge < -0.3 is 10.1 Å². The Morgan fingerprint density at radius 3 is 2.47 bits per heavy atom. The molecule has 0 bridgehead atoms. The Hall–Kier alpha value is -0.0800. The van der Waals surface area contributed by atoms with Gasteiger partial charge >= 0.3 is 0 Å². The summed E-state index contributed by atoms with van der Waals surface area (Å²) in [5.41, 5.74) is 0.0794. The average molecular weight is 239 g/mol. The van der Waals surface area contributed by atoms with Crippen molar-refractivity contribution in [2.45, 2.75) is 65.1 Å². The van der Waals surface area contributed by atoms with Crippen LogP contribution in [-0.4, -0.2) is 24.3 Å². The smallest absolute Gasteiger partial charge is 0.0847 e. The van der Waals surface area contributed by atoms with Gasteiger partial charge in [-0.1, -0.05) is 27.2 Å². The molecule has 3 atom stereocenters. The van der Waals surface area contributed by atoms with E-state index in [9.17, 15) is 0 Å². The lowest BCUT2D eigenvalue weighted by molar-refractivity contribution is -0.213. The maximum Gasteiger partial charge on any atom is 0.0847 e. The lowest BCUT2D eigenvalue weighted by atomic mass is 9.66. The Kier molecular flexibility index (Phi) is 3.57. The minimum Gasteiger partial charge on any atom is -0.366 e. The molecule has 0 radical (unpaired) electrons. The predicted molar refractivity (Wildman–Crippen MR) is 72.1 cm³/mol. The van der Waals surface area contributed by atoms with Crippen molar-refractivity contribution in [1.29, 1.82) is 0 Å². The molecule has 1 aliphatic carbocycles. The molecule has 1 N–H and O–H groups in total. The Morgan fingerprint density at radius 1 is 1.18 bits per heavy atom. The van der Waals surface area contributed by atoms with Gasteiger partial charge in [-0.05, 0) is 44.4 Å². The van der Waals surface area contributed by atoms with E-state index in [1.54, 1.807) is 0 Å². The van der Waals surface area contributed by atoms with Crippen LogP contribution in [0.5, 0.6) is 0 Å². The molecule has 2 heteroatoms. The second-order valence-electron chi connectivity index (χ2n) is 7.27. The highest BCUT2D eigenvalue weighted by molar-refractivity contribution is 5.01. The SMILES string of the molecule is CC1CCC(C(C)C)C2(CNCC(C)(C)O2)C1. The molecule has 3 unspecified atom stereocenters. The van der Waals surface area contributed by atoms with Gasteiger partial charge in [-0.25, -0.2) is 0 Å². The third-order valence-corrected chi connectivity index (χ3v) is 4.60. The van der Waals surface area contributed by atoms with Crippen molar-refractivity contribution in [3.63, 3.8) is 0 Å². The van der Waals surface area contributed by atoms with Gasteiger partial charge in [0.2, 0.25) is 0 Å². The zero-order chi connectivity index (χ0) is 12.7. The summed E-state index contributed by atoms with van der Waals surface area (Å²) in [5, 5.41) is 3.62. The van der Waals surface area contributed by atoms with E-state index in [1.807, 2.05) is 0 Å². The van der Waals surface area contributed by atoms with E-state index in [1.165, 1.54) is 19.3 Å². The minimum atomic E-state index is -0.0115. The van der Waals surface area contributed by atoms with Gasteiger partial charge in [0.1, 0.15) is 0 Å². The van der Waals surface area contributed by atoms with E-state index >= 15 is 0 Å². The Balaban J connectivity index is 2.22. The van der Waals surface area contributed by atoms with E-state index in [4.69, 9.17) is 4.74 Å². The lowest BCUT2D eigenvalue weighted by Crippen LogP contribution is -2.63. The Morgan fingerprint density at radius 2 is 1.88 bits per heavy atom. The molecule has 1 heterocycles. The second-order valence-corrected chi connectivity index (χ2v) is 7.27. The molecule has 1 spiro atoms. The first-order chi connectivity index (χ1) is 7.85. The average Bonchev–Trinajstić information content (AvgIpc) is 2.14. The van der Waals surface area contributed by atoms with E-state index in [0.29, 0.717) is 5.92 Å². The molecule has 2 aliphatic rings. The fourth-order valence-corrected chi connectivity index (χ4v) is 4.03. The van der Waals surface area contributed by atoms with Gasteiger partial charge in [0.25, 0.3) is 0 Å². The van der Waals surface area contributed by atoms with Gasteiger partial charge in [0, 0.05) is 13.1 Å². The van der Waals surface area contributed by atoms with Gasteiger partial charge in [-0.3, -0.25) is 0 Å². The van der Waals surface area contributed by atoms with Crippen LogP contribution in [0.4, 0.5) is 0 Å². The first-order valence-corrected chi connectivity index (χ1v) is 7.25. The summed E-state index contributed by atoms with van der Waals surface area (Å²) in [5.74, 6) is 2.24. The van der Waals surface area contributed by atoms with Crippen LogP contribution in [0.1, 0.15) is 53.9 Å². The van der Waals surface area contributed by atoms with Crippen LogP contribution in [-0.2, 0) is 4.74 Å². The third-order valence-electron chi connectivity index (χ3n) is 4.60. The molecule has 1 saturated heterocycles. The van der Waals surface area contributed by atoms with Crippen LogP contribution in [0.3, 0.4) is 0 Å². The normalized spacial score (nSPS) is 42.0. The number of ether oxygens (including phenoxy) is 1. The molecule has 2 rings (SSSR count). The summed E-state index contributed by atoms with van der Waals surface area (Å²) < 4.78 is 6.58. The van der Waals surface area contributed by atoms with Crippen LogP contribution >= 0.6 is 0 Å². The van der Waals surface area contributed by atoms with E-state index < -0.39 is 0 Å². The van der Waals surface area contributed by atoms with Gasteiger partial charge in [0.05, 0.1) is 11.2 Å². The zero-order valence-electron chi connectivity index (χ0n) is 12.2. The van der Waals surface area contributed by atoms with Crippen LogP contribution in [0.25, 0.3) is 0 Å². The number of morpholine rings is 1. The topological polar surface area (TPSA) is 21.3 Å². The molecule has 100 valence electrons. The maximum atomic E-state index is 6.58. The van der Waals surface area contributed by atoms with Crippen molar-refractivity contribution in [3.8, 4) is 0 Å². The van der Waals surface area contributed by atoms with E-state index in [0.717, 1.165) is 24.9 Å². The molecular weight excluding hydrogens is 210 g/mol. The summed E-state index contributed by atoms with van der Waals surface area (Å²) in [4.78, 5) is 0. The van der Waals surface area contributed by atoms with Crippen molar-refractivity contribution in [2.75, 3.05) is 13.1 Å². The Bertz CT molecular complexity index is 274. The summed E-state index contributed by atoms with van der Waals surface area (Å²) in [6, 6.07) is 0. The zero-order valence-corrected chi connectivity index (χ0v) is 12.2.